The van der Waals surface area contributed by atoms with Gasteiger partial charge in [-0.2, -0.15) is 0 Å². The first-order valence-corrected chi connectivity index (χ1v) is 9.09. The van der Waals surface area contributed by atoms with Crippen LogP contribution in [-0.2, 0) is 16.6 Å². The number of nitrogens with zero attached hydrogens (tertiary/aromatic N) is 2. The molecule has 0 radical (unpaired) electrons. The number of aromatic nitrogens is 1. The Balaban J connectivity index is 2.31. The van der Waals surface area contributed by atoms with Crippen molar-refractivity contribution >= 4 is 27.8 Å². The highest BCUT2D eigenvalue weighted by Gasteiger charge is 2.24. The first-order chi connectivity index (χ1) is 11.8. The Bertz CT molecular complexity index is 711. The molecule has 1 aromatic heterocycles. The summed E-state index contributed by atoms with van der Waals surface area (Å²) in [5, 5.41) is 0.688. The molecule has 25 heavy (non-hydrogen) atoms. The number of pyridine rings is 1. The third-order valence-electron chi connectivity index (χ3n) is 3.35. The number of rotatable bonds is 5. The summed E-state index contributed by atoms with van der Waals surface area (Å²) >= 11 is 3.43. The van der Waals surface area contributed by atoms with Crippen molar-refractivity contribution in [2.24, 2.45) is 0 Å². The molecule has 0 aliphatic heterocycles. The average molecular weight is 407 g/mol. The lowest BCUT2D eigenvalue weighted by Crippen LogP contribution is -2.37. The quantitative estimate of drug-likeness (QED) is 0.660. The number of methoxy groups -OCH3 is 1. The minimum absolute atomic E-state index is 0.359. The molecule has 0 aliphatic carbocycles. The summed E-state index contributed by atoms with van der Waals surface area (Å²) in [4.78, 5) is 18.6. The van der Waals surface area contributed by atoms with Crippen LogP contribution in [0, 0.1) is 0 Å². The van der Waals surface area contributed by atoms with Gasteiger partial charge in [-0.05, 0) is 56.2 Å². The van der Waals surface area contributed by atoms with Crippen LogP contribution in [0.4, 0.5) is 10.6 Å². The van der Waals surface area contributed by atoms with E-state index in [1.54, 1.807) is 18.2 Å². The zero-order valence-electron chi connectivity index (χ0n) is 15.0. The topological polar surface area (TPSA) is 51.7 Å². The van der Waals surface area contributed by atoms with Crippen molar-refractivity contribution in [2.45, 2.75) is 38.2 Å². The van der Waals surface area contributed by atoms with Gasteiger partial charge in [0.1, 0.15) is 17.2 Å². The van der Waals surface area contributed by atoms with Gasteiger partial charge in [0.05, 0.1) is 13.7 Å². The molecule has 2 aromatic rings. The second-order valence-electron chi connectivity index (χ2n) is 6.57. The van der Waals surface area contributed by atoms with E-state index >= 15 is 0 Å². The zero-order chi connectivity index (χ0) is 18.4. The molecule has 1 amide bonds. The summed E-state index contributed by atoms with van der Waals surface area (Å²) in [5.41, 5.74) is 1.41. The highest BCUT2D eigenvalue weighted by atomic mass is 79.9. The fourth-order valence-electron chi connectivity index (χ4n) is 2.16. The Labute approximate surface area is 157 Å². The van der Waals surface area contributed by atoms with Crippen LogP contribution >= 0.6 is 15.9 Å². The van der Waals surface area contributed by atoms with E-state index in [4.69, 9.17) is 9.47 Å². The molecular weight excluding hydrogens is 384 g/mol. The highest BCUT2D eigenvalue weighted by Crippen LogP contribution is 2.22. The van der Waals surface area contributed by atoms with Crippen LogP contribution in [-0.4, -0.2) is 23.8 Å². The van der Waals surface area contributed by atoms with Crippen molar-refractivity contribution in [1.29, 1.82) is 0 Å². The van der Waals surface area contributed by atoms with E-state index < -0.39 is 11.7 Å². The van der Waals surface area contributed by atoms with Crippen LogP contribution < -0.4 is 9.64 Å². The first-order valence-electron chi connectivity index (χ1n) is 7.97. The van der Waals surface area contributed by atoms with E-state index in [0.29, 0.717) is 17.7 Å². The molecule has 0 saturated carbocycles. The van der Waals surface area contributed by atoms with Gasteiger partial charge < -0.3 is 9.47 Å². The Hall–Kier alpha value is -2.08. The van der Waals surface area contributed by atoms with Crippen molar-refractivity contribution in [3.8, 4) is 5.75 Å². The van der Waals surface area contributed by atoms with Crippen LogP contribution in [0.2, 0.25) is 0 Å². The van der Waals surface area contributed by atoms with Crippen LogP contribution in [0.1, 0.15) is 31.9 Å². The Morgan fingerprint density at radius 1 is 1.16 bits per heavy atom. The molecule has 0 aliphatic rings. The number of ether oxygens (including phenoxy) is 2. The smallest absolute Gasteiger partial charge is 0.416 e. The van der Waals surface area contributed by atoms with Crippen molar-refractivity contribution in [3.63, 3.8) is 0 Å². The van der Waals surface area contributed by atoms with Crippen molar-refractivity contribution < 1.29 is 14.3 Å². The van der Waals surface area contributed by atoms with Crippen molar-refractivity contribution in [3.05, 3.63) is 53.7 Å². The van der Waals surface area contributed by atoms with E-state index in [1.807, 2.05) is 57.2 Å². The van der Waals surface area contributed by atoms with Gasteiger partial charge in [0, 0.05) is 11.5 Å². The predicted octanol–water partition coefficient (Wildman–Crippen LogP) is 4.93. The highest BCUT2D eigenvalue weighted by molar-refractivity contribution is 9.08. The molecule has 0 atom stereocenters. The molecule has 2 rings (SSSR count). The van der Waals surface area contributed by atoms with E-state index in [-0.39, 0.29) is 0 Å². The average Bonchev–Trinajstić information content (AvgIpc) is 2.58. The number of carbonyl (C=O) groups is 1. The number of halogens is 1. The van der Waals surface area contributed by atoms with E-state index in [9.17, 15) is 4.79 Å². The summed E-state index contributed by atoms with van der Waals surface area (Å²) in [6.07, 6.45) is 1.26. The van der Waals surface area contributed by atoms with Gasteiger partial charge in [0.15, 0.2) is 0 Å². The van der Waals surface area contributed by atoms with E-state index in [0.717, 1.165) is 16.9 Å². The Kier molecular flexibility index (Phi) is 6.42. The van der Waals surface area contributed by atoms with E-state index in [1.165, 1.54) is 0 Å². The van der Waals surface area contributed by atoms with Gasteiger partial charge in [-0.1, -0.05) is 28.1 Å². The minimum atomic E-state index is -0.581. The lowest BCUT2D eigenvalue weighted by molar-refractivity contribution is 0.0576. The molecule has 1 heterocycles. The van der Waals surface area contributed by atoms with Crippen molar-refractivity contribution in [1.82, 2.24) is 4.98 Å². The SMILES string of the molecule is COc1ccc(CN(C(=O)OC(C)(C)C)c2cc(CBr)ccn2)cc1. The fraction of sp³-hybridized carbons (Fsp3) is 0.368. The monoisotopic (exact) mass is 406 g/mol. The van der Waals surface area contributed by atoms with Crippen LogP contribution in [0.25, 0.3) is 0 Å². The zero-order valence-corrected chi connectivity index (χ0v) is 16.5. The number of amides is 1. The molecule has 1 aromatic carbocycles. The van der Waals surface area contributed by atoms with Crippen LogP contribution in [0.5, 0.6) is 5.75 Å². The van der Waals surface area contributed by atoms with Gasteiger partial charge >= 0.3 is 6.09 Å². The van der Waals surface area contributed by atoms with Crippen LogP contribution in [0.3, 0.4) is 0 Å². The summed E-state index contributed by atoms with van der Waals surface area (Å²) in [5.74, 6) is 1.33. The maximum atomic E-state index is 12.7. The number of carbonyl (C=O) groups excluding carboxylic acids is 1. The van der Waals surface area contributed by atoms with Gasteiger partial charge in [-0.25, -0.2) is 9.78 Å². The lowest BCUT2D eigenvalue weighted by atomic mass is 10.2. The first kappa shape index (κ1) is 19.2. The normalized spacial score (nSPS) is 11.1. The van der Waals surface area contributed by atoms with E-state index in [2.05, 4.69) is 20.9 Å². The number of anilines is 1. The molecule has 0 bridgehead atoms. The Morgan fingerprint density at radius 2 is 1.84 bits per heavy atom. The molecule has 6 heteroatoms. The molecule has 0 fully saturated rings. The number of alkyl halides is 1. The molecular formula is C19H23BrN2O3. The predicted molar refractivity (Wildman–Crippen MR) is 102 cm³/mol. The molecule has 0 N–H and O–H groups in total. The molecule has 0 saturated heterocycles. The number of hydrogen-bond donors (Lipinski definition) is 0. The van der Waals surface area contributed by atoms with Crippen molar-refractivity contribution in [2.75, 3.05) is 12.0 Å². The molecule has 0 spiro atoms. The summed E-state index contributed by atoms with van der Waals surface area (Å²) < 4.78 is 10.7. The van der Waals surface area contributed by atoms with Gasteiger partial charge in [0.2, 0.25) is 0 Å². The minimum Gasteiger partial charge on any atom is -0.497 e. The molecule has 134 valence electrons. The third-order valence-corrected chi connectivity index (χ3v) is 4.00. The Morgan fingerprint density at radius 3 is 2.40 bits per heavy atom. The molecule has 5 nitrogen and oxygen atoms in total. The van der Waals surface area contributed by atoms with Gasteiger partial charge in [-0.15, -0.1) is 0 Å². The largest absolute Gasteiger partial charge is 0.497 e. The standard InChI is InChI=1S/C19H23BrN2O3/c1-19(2,3)25-18(23)22(17-11-15(12-20)9-10-21-17)13-14-5-7-16(24-4)8-6-14/h5-11H,12-13H2,1-4H3. The maximum absolute atomic E-state index is 12.7. The van der Waals surface area contributed by atoms with Gasteiger partial charge in [-0.3, -0.25) is 4.90 Å². The lowest BCUT2D eigenvalue weighted by Gasteiger charge is -2.27. The summed E-state index contributed by atoms with van der Waals surface area (Å²) in [6, 6.07) is 11.4. The summed E-state index contributed by atoms with van der Waals surface area (Å²) in [6.45, 7) is 5.90. The molecule has 0 unspecified atom stereocenters. The second-order valence-corrected chi connectivity index (χ2v) is 7.13. The third kappa shape index (κ3) is 5.74. The second kappa shape index (κ2) is 8.34. The van der Waals surface area contributed by atoms with Gasteiger partial charge in [0.25, 0.3) is 0 Å². The number of hydrogen-bond acceptors (Lipinski definition) is 4. The number of benzene rings is 1. The van der Waals surface area contributed by atoms with Crippen LogP contribution in [0.15, 0.2) is 42.6 Å². The fourth-order valence-corrected chi connectivity index (χ4v) is 2.51. The maximum Gasteiger partial charge on any atom is 0.416 e. The summed E-state index contributed by atoms with van der Waals surface area (Å²) in [7, 11) is 1.62.